The molecule has 2 aromatic rings. The molecule has 0 saturated carbocycles. The van der Waals surface area contributed by atoms with Crippen molar-refractivity contribution in [2.24, 2.45) is 5.92 Å². The van der Waals surface area contributed by atoms with Gasteiger partial charge in [-0.2, -0.15) is 0 Å². The highest BCUT2D eigenvalue weighted by molar-refractivity contribution is 9.10. The van der Waals surface area contributed by atoms with Crippen molar-refractivity contribution in [3.8, 4) is 0 Å². The summed E-state index contributed by atoms with van der Waals surface area (Å²) in [4.78, 5) is 35.7. The number of hydrogen-bond acceptors (Lipinski definition) is 5. The average molecular weight is 446 g/mol. The topological polar surface area (TPSA) is 87.2 Å². The Hall–Kier alpha value is -2.48. The summed E-state index contributed by atoms with van der Waals surface area (Å²) in [5.74, 6) is 0.126. The second-order valence-corrected chi connectivity index (χ2v) is 8.30. The summed E-state index contributed by atoms with van der Waals surface area (Å²) in [5, 5.41) is 0. The van der Waals surface area contributed by atoms with Gasteiger partial charge in [0.05, 0.1) is 5.41 Å². The number of nitrogens with one attached hydrogen (secondary N) is 2. The van der Waals surface area contributed by atoms with Gasteiger partial charge in [-0.15, -0.1) is 0 Å². The van der Waals surface area contributed by atoms with E-state index in [0.29, 0.717) is 31.9 Å². The molecule has 1 aliphatic rings. The molecule has 2 N–H and O–H groups in total. The second-order valence-electron chi connectivity index (χ2n) is 7.39. The van der Waals surface area contributed by atoms with Crippen LogP contribution in [0, 0.1) is 5.92 Å². The number of amides is 2. The van der Waals surface area contributed by atoms with Crippen molar-refractivity contribution in [1.29, 1.82) is 0 Å². The smallest absolute Gasteiger partial charge is 0.248 e. The molecule has 1 aromatic carbocycles. The molecule has 2 amide bonds. The first kappa shape index (κ1) is 20.3. The number of piperidine rings is 1. The molecular weight excluding hydrogens is 422 g/mol. The molecule has 1 fully saturated rings. The van der Waals surface area contributed by atoms with Crippen LogP contribution in [0.3, 0.4) is 0 Å². The number of aromatic nitrogens is 2. The molecule has 3 rings (SSSR count). The first-order valence-electron chi connectivity index (χ1n) is 9.26. The van der Waals surface area contributed by atoms with Crippen LogP contribution in [-0.4, -0.2) is 34.9 Å². The average Bonchev–Trinajstić information content (AvgIpc) is 2.72. The molecular formula is C20H24BrN5O2. The molecule has 1 aliphatic heterocycles. The van der Waals surface area contributed by atoms with Crippen molar-refractivity contribution in [3.63, 3.8) is 0 Å². The number of rotatable bonds is 4. The Bertz CT molecular complexity index is 835. The van der Waals surface area contributed by atoms with Gasteiger partial charge in [-0.3, -0.25) is 20.4 Å². The molecule has 1 aromatic heterocycles. The highest BCUT2D eigenvalue weighted by Crippen LogP contribution is 2.26. The largest absolute Gasteiger partial charge is 0.341 e. The van der Waals surface area contributed by atoms with Crippen molar-refractivity contribution in [2.45, 2.75) is 32.1 Å². The third-order valence-corrected chi connectivity index (χ3v) is 5.61. The van der Waals surface area contributed by atoms with Gasteiger partial charge in [0.1, 0.15) is 0 Å². The SMILES string of the molecule is CC(C)(C(=O)NNC(=O)C1CCN(c2ncccn2)CC1)c1cccc(Br)c1. The van der Waals surface area contributed by atoms with Crippen LogP contribution in [-0.2, 0) is 15.0 Å². The predicted molar refractivity (Wildman–Crippen MR) is 110 cm³/mol. The summed E-state index contributed by atoms with van der Waals surface area (Å²) in [6.07, 6.45) is 4.80. The third kappa shape index (κ3) is 4.67. The summed E-state index contributed by atoms with van der Waals surface area (Å²) < 4.78 is 0.907. The van der Waals surface area contributed by atoms with E-state index in [1.165, 1.54) is 0 Å². The maximum atomic E-state index is 12.6. The van der Waals surface area contributed by atoms with Gasteiger partial charge in [-0.05, 0) is 50.5 Å². The molecule has 0 radical (unpaired) electrons. The van der Waals surface area contributed by atoms with Crippen LogP contribution in [0.1, 0.15) is 32.3 Å². The fourth-order valence-corrected chi connectivity index (χ4v) is 3.58. The normalized spacial score (nSPS) is 15.2. The molecule has 0 bridgehead atoms. The van der Waals surface area contributed by atoms with E-state index in [4.69, 9.17) is 0 Å². The van der Waals surface area contributed by atoms with Crippen LogP contribution >= 0.6 is 15.9 Å². The first-order chi connectivity index (χ1) is 13.4. The maximum Gasteiger partial charge on any atom is 0.248 e. The number of halogens is 1. The summed E-state index contributed by atoms with van der Waals surface area (Å²) in [6, 6.07) is 9.38. The molecule has 8 heteroatoms. The number of carbonyl (C=O) groups is 2. The van der Waals surface area contributed by atoms with Crippen molar-refractivity contribution in [3.05, 3.63) is 52.8 Å². The monoisotopic (exact) mass is 445 g/mol. The predicted octanol–water partition coefficient (Wildman–Crippen LogP) is 2.58. The van der Waals surface area contributed by atoms with Crippen molar-refractivity contribution < 1.29 is 9.59 Å². The Balaban J connectivity index is 1.51. The number of hydrazine groups is 1. The number of carbonyl (C=O) groups excluding carboxylic acids is 2. The summed E-state index contributed by atoms with van der Waals surface area (Å²) in [5.41, 5.74) is 5.28. The molecule has 1 saturated heterocycles. The fraction of sp³-hybridized carbons (Fsp3) is 0.400. The van der Waals surface area contributed by atoms with Crippen LogP contribution in [0.5, 0.6) is 0 Å². The Morgan fingerprint density at radius 3 is 2.43 bits per heavy atom. The maximum absolute atomic E-state index is 12.6. The quantitative estimate of drug-likeness (QED) is 0.706. The van der Waals surface area contributed by atoms with Gasteiger partial charge in [0.15, 0.2) is 0 Å². The highest BCUT2D eigenvalue weighted by atomic mass is 79.9. The fourth-order valence-electron chi connectivity index (χ4n) is 3.18. The number of nitrogens with zero attached hydrogens (tertiary/aromatic N) is 3. The van der Waals surface area contributed by atoms with Crippen LogP contribution in [0.15, 0.2) is 47.2 Å². The van der Waals surface area contributed by atoms with Crippen LogP contribution < -0.4 is 15.8 Å². The minimum atomic E-state index is -0.773. The van der Waals surface area contributed by atoms with Gasteiger partial charge in [-0.1, -0.05) is 28.1 Å². The zero-order chi connectivity index (χ0) is 20.1. The molecule has 2 heterocycles. The highest BCUT2D eigenvalue weighted by Gasteiger charge is 2.31. The van der Waals surface area contributed by atoms with E-state index in [0.717, 1.165) is 10.0 Å². The Morgan fingerprint density at radius 1 is 1.11 bits per heavy atom. The van der Waals surface area contributed by atoms with E-state index >= 15 is 0 Å². The number of hydrogen-bond donors (Lipinski definition) is 2. The lowest BCUT2D eigenvalue weighted by molar-refractivity contribution is -0.133. The van der Waals surface area contributed by atoms with Gasteiger partial charge in [0.2, 0.25) is 17.8 Å². The summed E-state index contributed by atoms with van der Waals surface area (Å²) in [6.45, 7) is 5.07. The van der Waals surface area contributed by atoms with E-state index in [1.807, 2.05) is 38.1 Å². The van der Waals surface area contributed by atoms with Gasteiger partial charge in [0, 0.05) is 35.9 Å². The Kier molecular flexibility index (Phi) is 6.28. The minimum absolute atomic E-state index is 0.144. The van der Waals surface area contributed by atoms with Crippen molar-refractivity contribution >= 4 is 33.7 Å². The van der Waals surface area contributed by atoms with Crippen molar-refractivity contribution in [2.75, 3.05) is 18.0 Å². The lowest BCUT2D eigenvalue weighted by Crippen LogP contribution is -2.52. The van der Waals surface area contributed by atoms with E-state index in [1.54, 1.807) is 18.5 Å². The van der Waals surface area contributed by atoms with E-state index in [9.17, 15) is 9.59 Å². The lowest BCUT2D eigenvalue weighted by Gasteiger charge is -2.31. The Labute approximate surface area is 173 Å². The number of benzene rings is 1. The molecule has 0 atom stereocenters. The minimum Gasteiger partial charge on any atom is -0.341 e. The molecule has 0 unspecified atom stereocenters. The lowest BCUT2D eigenvalue weighted by atomic mass is 9.84. The molecule has 148 valence electrons. The van der Waals surface area contributed by atoms with Crippen LogP contribution in [0.2, 0.25) is 0 Å². The van der Waals surface area contributed by atoms with E-state index < -0.39 is 5.41 Å². The Morgan fingerprint density at radius 2 is 1.79 bits per heavy atom. The first-order valence-corrected chi connectivity index (χ1v) is 10.1. The molecule has 28 heavy (non-hydrogen) atoms. The van der Waals surface area contributed by atoms with E-state index in [2.05, 4.69) is 41.6 Å². The zero-order valence-corrected chi connectivity index (χ0v) is 17.6. The van der Waals surface area contributed by atoms with Crippen molar-refractivity contribution in [1.82, 2.24) is 20.8 Å². The van der Waals surface area contributed by atoms with Crippen LogP contribution in [0.4, 0.5) is 5.95 Å². The summed E-state index contributed by atoms with van der Waals surface area (Å²) in [7, 11) is 0. The summed E-state index contributed by atoms with van der Waals surface area (Å²) >= 11 is 3.43. The van der Waals surface area contributed by atoms with Gasteiger partial charge >= 0.3 is 0 Å². The molecule has 0 spiro atoms. The number of anilines is 1. The third-order valence-electron chi connectivity index (χ3n) is 5.11. The van der Waals surface area contributed by atoms with Gasteiger partial charge in [-0.25, -0.2) is 9.97 Å². The standard InChI is InChI=1S/C20H24BrN5O2/c1-20(2,15-5-3-6-16(21)13-15)18(28)25-24-17(27)14-7-11-26(12-8-14)19-22-9-4-10-23-19/h3-6,9-10,13-14H,7-8,11-12H2,1-2H3,(H,24,27)(H,25,28). The van der Waals surface area contributed by atoms with Crippen LogP contribution in [0.25, 0.3) is 0 Å². The zero-order valence-electron chi connectivity index (χ0n) is 16.0. The van der Waals surface area contributed by atoms with Gasteiger partial charge < -0.3 is 4.90 Å². The molecule has 7 nitrogen and oxygen atoms in total. The van der Waals surface area contributed by atoms with Gasteiger partial charge in [0.25, 0.3) is 0 Å². The second kappa shape index (κ2) is 8.68. The molecule has 0 aliphatic carbocycles. The van der Waals surface area contributed by atoms with E-state index in [-0.39, 0.29) is 17.7 Å².